The van der Waals surface area contributed by atoms with Gasteiger partial charge in [-0.1, -0.05) is 34.1 Å². The lowest BCUT2D eigenvalue weighted by Crippen LogP contribution is -2.59. The summed E-state index contributed by atoms with van der Waals surface area (Å²) >= 11 is 0. The van der Waals surface area contributed by atoms with Gasteiger partial charge in [0.2, 0.25) is 23.6 Å². The van der Waals surface area contributed by atoms with Gasteiger partial charge in [-0.25, -0.2) is 4.79 Å². The highest BCUT2D eigenvalue weighted by atomic mass is 16.4. The van der Waals surface area contributed by atoms with Gasteiger partial charge in [0.15, 0.2) is 0 Å². The van der Waals surface area contributed by atoms with E-state index >= 15 is 0 Å². The minimum absolute atomic E-state index is 0.151. The first-order valence-corrected chi connectivity index (χ1v) is 10.1. The Hall–Kier alpha value is -2.73. The topological polar surface area (TPSA) is 214 Å². The van der Waals surface area contributed by atoms with E-state index in [9.17, 15) is 29.1 Å². The molecule has 0 aliphatic heterocycles. The zero-order valence-corrected chi connectivity index (χ0v) is 18.4. The normalized spacial score (nSPS) is 15.8. The Morgan fingerprint density at radius 2 is 1.45 bits per heavy atom. The molecule has 9 N–H and O–H groups in total. The monoisotopic (exact) mass is 445 g/mol. The number of carboxylic acid groups (broad SMARTS) is 1. The Morgan fingerprint density at radius 1 is 0.903 bits per heavy atom. The van der Waals surface area contributed by atoms with E-state index in [0.29, 0.717) is 6.42 Å². The van der Waals surface area contributed by atoms with Crippen LogP contribution in [-0.4, -0.2) is 70.6 Å². The minimum Gasteiger partial charge on any atom is -0.480 e. The average molecular weight is 446 g/mol. The fraction of sp³-hybridized carbons (Fsp3) is 0.737. The van der Waals surface area contributed by atoms with Crippen LogP contribution in [-0.2, 0) is 24.0 Å². The van der Waals surface area contributed by atoms with Gasteiger partial charge in [0.05, 0.1) is 6.61 Å². The average Bonchev–Trinajstić information content (AvgIpc) is 2.70. The van der Waals surface area contributed by atoms with Gasteiger partial charge in [-0.2, -0.15) is 0 Å². The number of rotatable bonds is 14. The summed E-state index contributed by atoms with van der Waals surface area (Å²) in [6.45, 7) is 6.13. The molecule has 12 heteroatoms. The number of amides is 4. The number of aliphatic carboxylic acids is 1. The molecular formula is C19H35N5O7. The Bertz CT molecular complexity index is 656. The molecule has 4 amide bonds. The Morgan fingerprint density at radius 3 is 1.87 bits per heavy atom. The number of aliphatic hydroxyl groups is 1. The van der Waals surface area contributed by atoms with Crippen molar-refractivity contribution in [1.82, 2.24) is 16.0 Å². The van der Waals surface area contributed by atoms with E-state index < -0.39 is 66.3 Å². The van der Waals surface area contributed by atoms with Gasteiger partial charge in [0, 0.05) is 6.42 Å². The van der Waals surface area contributed by atoms with E-state index in [0.717, 1.165) is 0 Å². The molecule has 0 fully saturated rings. The molecule has 0 aromatic heterocycles. The SMILES string of the molecule is CCC(C)C(NC(=O)C(NC(=O)C(CCC(N)=O)NC(=O)C(N)CO)C(C)C)C(=O)O. The summed E-state index contributed by atoms with van der Waals surface area (Å²) in [5, 5.41) is 25.6. The quantitative estimate of drug-likeness (QED) is 0.155. The number of hydrogen-bond acceptors (Lipinski definition) is 7. The summed E-state index contributed by atoms with van der Waals surface area (Å²) in [4.78, 5) is 60.1. The van der Waals surface area contributed by atoms with Gasteiger partial charge in [-0.3, -0.25) is 19.2 Å². The number of nitrogens with two attached hydrogens (primary N) is 2. The van der Waals surface area contributed by atoms with E-state index in [2.05, 4.69) is 16.0 Å². The second kappa shape index (κ2) is 13.5. The van der Waals surface area contributed by atoms with Crippen LogP contribution in [0.3, 0.4) is 0 Å². The van der Waals surface area contributed by atoms with Gasteiger partial charge in [-0.05, 0) is 18.3 Å². The van der Waals surface area contributed by atoms with Crippen molar-refractivity contribution in [3.8, 4) is 0 Å². The lowest BCUT2D eigenvalue weighted by atomic mass is 9.97. The number of carboxylic acids is 1. The highest BCUT2D eigenvalue weighted by Crippen LogP contribution is 2.10. The first kappa shape index (κ1) is 28.3. The summed E-state index contributed by atoms with van der Waals surface area (Å²) in [6.07, 6.45) is 0.144. The summed E-state index contributed by atoms with van der Waals surface area (Å²) in [7, 11) is 0. The van der Waals surface area contributed by atoms with Crippen LogP contribution in [0.25, 0.3) is 0 Å². The van der Waals surface area contributed by atoms with Crippen LogP contribution in [0.5, 0.6) is 0 Å². The molecule has 0 saturated heterocycles. The lowest BCUT2D eigenvalue weighted by molar-refractivity contribution is -0.144. The molecule has 0 spiro atoms. The van der Waals surface area contributed by atoms with Gasteiger partial charge in [0.25, 0.3) is 0 Å². The van der Waals surface area contributed by atoms with E-state index in [1.807, 2.05) is 0 Å². The second-order valence-electron chi connectivity index (χ2n) is 7.80. The standard InChI is InChI=1S/C19H35N5O7/c1-5-10(4)15(19(30)31)24-18(29)14(9(2)3)23-17(28)12(6-7-13(21)26)22-16(27)11(20)8-25/h9-12,14-15,25H,5-8,20H2,1-4H3,(H2,21,26)(H,22,27)(H,23,28)(H,24,29)(H,30,31). The van der Waals surface area contributed by atoms with Crippen LogP contribution in [0, 0.1) is 11.8 Å². The number of nitrogens with one attached hydrogen (secondary N) is 3. The minimum atomic E-state index is -1.28. The van der Waals surface area contributed by atoms with Crippen LogP contribution in [0.2, 0.25) is 0 Å². The molecule has 12 nitrogen and oxygen atoms in total. The maximum Gasteiger partial charge on any atom is 0.326 e. The molecule has 178 valence electrons. The third-order valence-corrected chi connectivity index (χ3v) is 4.87. The summed E-state index contributed by atoms with van der Waals surface area (Å²) in [6, 6.07) is -4.75. The third-order valence-electron chi connectivity index (χ3n) is 4.87. The zero-order valence-electron chi connectivity index (χ0n) is 18.4. The van der Waals surface area contributed by atoms with Crippen molar-refractivity contribution in [3.05, 3.63) is 0 Å². The Labute approximate surface area is 181 Å². The molecule has 5 atom stereocenters. The van der Waals surface area contributed by atoms with Crippen LogP contribution < -0.4 is 27.4 Å². The van der Waals surface area contributed by atoms with Crippen LogP contribution in [0.15, 0.2) is 0 Å². The molecule has 0 aromatic rings. The van der Waals surface area contributed by atoms with Crippen molar-refractivity contribution >= 4 is 29.6 Å². The lowest BCUT2D eigenvalue weighted by Gasteiger charge is -2.28. The number of carbonyl (C=O) groups is 5. The molecule has 0 aliphatic carbocycles. The van der Waals surface area contributed by atoms with Gasteiger partial charge in [-0.15, -0.1) is 0 Å². The Kier molecular flexibility index (Phi) is 12.4. The molecular weight excluding hydrogens is 410 g/mol. The van der Waals surface area contributed by atoms with E-state index in [1.165, 1.54) is 0 Å². The van der Waals surface area contributed by atoms with E-state index in [1.54, 1.807) is 27.7 Å². The second-order valence-corrected chi connectivity index (χ2v) is 7.80. The van der Waals surface area contributed by atoms with Crippen molar-refractivity contribution in [3.63, 3.8) is 0 Å². The van der Waals surface area contributed by atoms with Crippen molar-refractivity contribution in [2.75, 3.05) is 6.61 Å². The predicted molar refractivity (Wildman–Crippen MR) is 111 cm³/mol. The van der Waals surface area contributed by atoms with E-state index in [4.69, 9.17) is 16.6 Å². The van der Waals surface area contributed by atoms with Crippen molar-refractivity contribution in [1.29, 1.82) is 0 Å². The predicted octanol–water partition coefficient (Wildman–Crippen LogP) is -2.19. The van der Waals surface area contributed by atoms with Gasteiger partial charge >= 0.3 is 5.97 Å². The molecule has 0 aromatic carbocycles. The number of aliphatic hydroxyl groups excluding tert-OH is 1. The molecule has 0 bridgehead atoms. The smallest absolute Gasteiger partial charge is 0.326 e. The van der Waals surface area contributed by atoms with Crippen molar-refractivity contribution in [2.24, 2.45) is 23.3 Å². The van der Waals surface area contributed by atoms with Crippen LogP contribution in [0.4, 0.5) is 0 Å². The fourth-order valence-corrected chi connectivity index (χ4v) is 2.63. The van der Waals surface area contributed by atoms with Crippen molar-refractivity contribution < 1.29 is 34.2 Å². The molecule has 0 heterocycles. The molecule has 0 rings (SSSR count). The fourth-order valence-electron chi connectivity index (χ4n) is 2.63. The first-order valence-electron chi connectivity index (χ1n) is 10.1. The van der Waals surface area contributed by atoms with Crippen LogP contribution in [0.1, 0.15) is 47.0 Å². The van der Waals surface area contributed by atoms with E-state index in [-0.39, 0.29) is 18.8 Å². The number of primary amides is 1. The van der Waals surface area contributed by atoms with Crippen molar-refractivity contribution in [2.45, 2.75) is 71.1 Å². The highest BCUT2D eigenvalue weighted by molar-refractivity contribution is 5.94. The Balaban J connectivity index is 5.47. The van der Waals surface area contributed by atoms with Gasteiger partial charge < -0.3 is 37.6 Å². The van der Waals surface area contributed by atoms with Gasteiger partial charge in [0.1, 0.15) is 24.2 Å². The largest absolute Gasteiger partial charge is 0.480 e. The molecule has 0 saturated carbocycles. The highest BCUT2D eigenvalue weighted by Gasteiger charge is 2.33. The third kappa shape index (κ3) is 9.75. The zero-order chi connectivity index (χ0) is 24.3. The maximum atomic E-state index is 12.8. The molecule has 5 unspecified atom stereocenters. The number of hydrogen-bond donors (Lipinski definition) is 7. The first-order chi connectivity index (χ1) is 14.3. The maximum absolute atomic E-state index is 12.8. The summed E-state index contributed by atoms with van der Waals surface area (Å²) in [5.74, 6) is -4.93. The molecule has 0 radical (unpaired) electrons. The summed E-state index contributed by atoms with van der Waals surface area (Å²) < 4.78 is 0. The molecule has 31 heavy (non-hydrogen) atoms. The van der Waals surface area contributed by atoms with Crippen LogP contribution >= 0.6 is 0 Å². The summed E-state index contributed by atoms with van der Waals surface area (Å²) in [5.41, 5.74) is 10.6. The number of carbonyl (C=O) groups excluding carboxylic acids is 4. The molecule has 0 aliphatic rings.